The van der Waals surface area contributed by atoms with E-state index in [0.717, 1.165) is 23.5 Å². The van der Waals surface area contributed by atoms with Crippen LogP contribution in [0, 0.1) is 0 Å². The monoisotopic (exact) mass is 338 g/mol. The molecule has 2 aromatic rings. The summed E-state index contributed by atoms with van der Waals surface area (Å²) in [6.45, 7) is 0.268. The molecule has 0 fully saturated rings. The van der Waals surface area contributed by atoms with E-state index in [2.05, 4.69) is 10.3 Å². The van der Waals surface area contributed by atoms with Gasteiger partial charge in [0.25, 0.3) is 9.84 Å². The van der Waals surface area contributed by atoms with Gasteiger partial charge in [-0.3, -0.25) is 4.79 Å². The molecule has 1 aromatic carbocycles. The zero-order valence-electron chi connectivity index (χ0n) is 10.3. The molecule has 0 aliphatic carbocycles. The van der Waals surface area contributed by atoms with Crippen molar-refractivity contribution in [2.24, 2.45) is 0 Å². The van der Waals surface area contributed by atoms with Crippen LogP contribution in [0.25, 0.3) is 0 Å². The minimum Gasteiger partial charge on any atom is -0.379 e. The topological polar surface area (TPSA) is 79.0 Å². The van der Waals surface area contributed by atoms with Gasteiger partial charge in [0.2, 0.25) is 0 Å². The van der Waals surface area contributed by atoms with Gasteiger partial charge >= 0.3 is 10.4 Å². The highest BCUT2D eigenvalue weighted by Gasteiger charge is 2.46. The Kier molecular flexibility index (Phi) is 4.10. The van der Waals surface area contributed by atoms with Gasteiger partial charge < -0.3 is 10.3 Å². The van der Waals surface area contributed by atoms with E-state index >= 15 is 0 Å². The number of aromatic nitrogens is 1. The maximum absolute atomic E-state index is 12.4. The predicted octanol–water partition coefficient (Wildman–Crippen LogP) is 2.34. The predicted molar refractivity (Wildman–Crippen MR) is 71.9 cm³/mol. The van der Waals surface area contributed by atoms with Gasteiger partial charge in [-0.05, 0) is 24.3 Å². The summed E-state index contributed by atoms with van der Waals surface area (Å²) in [7, 11) is -5.33. The number of alkyl halides is 3. The van der Waals surface area contributed by atoms with Gasteiger partial charge in [0.05, 0.1) is 11.4 Å². The molecule has 0 saturated heterocycles. The molecule has 2 N–H and O–H groups in total. The number of H-pyrrole nitrogens is 1. The number of halogens is 3. The van der Waals surface area contributed by atoms with Gasteiger partial charge in [-0.15, -0.1) is 0 Å². The molecule has 0 aliphatic rings. The molecule has 0 amide bonds. The first-order valence-electron chi connectivity index (χ1n) is 5.52. The minimum absolute atomic E-state index is 0.210. The lowest BCUT2D eigenvalue weighted by atomic mass is 10.3. The summed E-state index contributed by atoms with van der Waals surface area (Å²) >= 11 is 0.993. The van der Waals surface area contributed by atoms with Crippen molar-refractivity contribution in [1.29, 1.82) is 0 Å². The normalized spacial score (nSPS) is 12.3. The molecule has 0 radical (unpaired) electrons. The van der Waals surface area contributed by atoms with Crippen molar-refractivity contribution < 1.29 is 21.6 Å². The average molecular weight is 338 g/mol. The second kappa shape index (κ2) is 5.53. The van der Waals surface area contributed by atoms with Gasteiger partial charge in [0, 0.05) is 16.8 Å². The second-order valence-corrected chi connectivity index (χ2v) is 6.78. The fourth-order valence-corrected chi connectivity index (χ4v) is 2.83. The molecular formula is C11H9F3N2O3S2. The van der Waals surface area contributed by atoms with Gasteiger partial charge in [0.1, 0.15) is 0 Å². The Bertz CT molecular complexity index is 776. The van der Waals surface area contributed by atoms with Crippen LogP contribution in [0.1, 0.15) is 5.69 Å². The number of aromatic amines is 1. The van der Waals surface area contributed by atoms with Crippen LogP contribution in [0.2, 0.25) is 0 Å². The van der Waals surface area contributed by atoms with E-state index < -0.39 is 20.2 Å². The smallest absolute Gasteiger partial charge is 0.379 e. The van der Waals surface area contributed by atoms with E-state index in [1.54, 1.807) is 5.38 Å². The van der Waals surface area contributed by atoms with Crippen LogP contribution in [0.4, 0.5) is 18.9 Å². The molecule has 0 bridgehead atoms. The van der Waals surface area contributed by atoms with Gasteiger partial charge in [0.15, 0.2) is 0 Å². The Labute approximate surface area is 121 Å². The van der Waals surface area contributed by atoms with E-state index in [4.69, 9.17) is 0 Å². The van der Waals surface area contributed by atoms with Crippen LogP contribution in [0.5, 0.6) is 0 Å². The standard InChI is InChI=1S/C11H9F3N2O3S2/c12-11(13,14)21(18,19)9-3-1-7(2-4-9)15-5-8-6-20-10(17)16-8/h1-4,6,15H,5H2,(H,16,17). The van der Waals surface area contributed by atoms with Crippen molar-refractivity contribution in [3.63, 3.8) is 0 Å². The molecule has 0 atom stereocenters. The summed E-state index contributed by atoms with van der Waals surface area (Å²) in [5.41, 5.74) is -4.27. The second-order valence-electron chi connectivity index (χ2n) is 4.00. The third-order valence-corrected chi connectivity index (χ3v) is 4.74. The molecule has 1 aromatic heterocycles. The van der Waals surface area contributed by atoms with Crippen molar-refractivity contribution in [3.8, 4) is 0 Å². The Morgan fingerprint density at radius 1 is 1.19 bits per heavy atom. The highest BCUT2D eigenvalue weighted by Crippen LogP contribution is 2.30. The fourth-order valence-electron chi connectivity index (χ4n) is 1.48. The molecule has 0 spiro atoms. The van der Waals surface area contributed by atoms with Crippen LogP contribution in [0.15, 0.2) is 39.3 Å². The van der Waals surface area contributed by atoms with Gasteiger partial charge in [-0.2, -0.15) is 13.2 Å². The zero-order valence-corrected chi connectivity index (χ0v) is 11.9. The lowest BCUT2D eigenvalue weighted by Gasteiger charge is -2.09. The molecule has 2 rings (SSSR count). The van der Waals surface area contributed by atoms with Crippen LogP contribution < -0.4 is 10.2 Å². The van der Waals surface area contributed by atoms with Crippen molar-refractivity contribution in [1.82, 2.24) is 4.98 Å². The maximum Gasteiger partial charge on any atom is 0.501 e. The Balaban J connectivity index is 2.11. The van der Waals surface area contributed by atoms with Gasteiger partial charge in [-0.25, -0.2) is 8.42 Å². The molecule has 0 saturated carbocycles. The third-order valence-electron chi connectivity index (χ3n) is 2.52. The highest BCUT2D eigenvalue weighted by molar-refractivity contribution is 7.92. The van der Waals surface area contributed by atoms with Gasteiger partial charge in [-0.1, -0.05) is 11.3 Å². The molecule has 0 unspecified atom stereocenters. The van der Waals surface area contributed by atoms with E-state index in [0.29, 0.717) is 11.4 Å². The van der Waals surface area contributed by atoms with Crippen LogP contribution in [-0.4, -0.2) is 18.9 Å². The molecule has 21 heavy (non-hydrogen) atoms. The first kappa shape index (κ1) is 15.6. The maximum atomic E-state index is 12.4. The first-order valence-corrected chi connectivity index (χ1v) is 7.88. The molecule has 5 nitrogen and oxygen atoms in total. The van der Waals surface area contributed by atoms with E-state index in [1.165, 1.54) is 12.1 Å². The summed E-state index contributed by atoms with van der Waals surface area (Å²) in [5, 5.41) is 4.46. The number of sulfone groups is 1. The number of hydrogen-bond acceptors (Lipinski definition) is 5. The summed E-state index contributed by atoms with van der Waals surface area (Å²) in [6.07, 6.45) is 0. The zero-order chi connectivity index (χ0) is 15.7. The number of rotatable bonds is 4. The number of nitrogens with one attached hydrogen (secondary N) is 2. The fraction of sp³-hybridized carbons (Fsp3) is 0.182. The van der Waals surface area contributed by atoms with Crippen LogP contribution >= 0.6 is 11.3 Å². The summed E-state index contributed by atoms with van der Waals surface area (Å²) in [4.78, 5) is 12.4. The Hall–Kier alpha value is -1.81. The van der Waals surface area contributed by atoms with Crippen molar-refractivity contribution >= 4 is 26.9 Å². The molecule has 114 valence electrons. The van der Waals surface area contributed by atoms with E-state index in [-0.39, 0.29) is 11.4 Å². The summed E-state index contributed by atoms with van der Waals surface area (Å²) in [6, 6.07) is 4.20. The lowest BCUT2D eigenvalue weighted by molar-refractivity contribution is -0.0436. The molecular weight excluding hydrogens is 329 g/mol. The van der Waals surface area contributed by atoms with E-state index in [1.807, 2.05) is 0 Å². The Morgan fingerprint density at radius 3 is 2.29 bits per heavy atom. The molecule has 1 heterocycles. The third kappa shape index (κ3) is 3.45. The quantitative estimate of drug-likeness (QED) is 0.897. The van der Waals surface area contributed by atoms with E-state index in [9.17, 15) is 26.4 Å². The summed E-state index contributed by atoms with van der Waals surface area (Å²) < 4.78 is 59.4. The SMILES string of the molecule is O=c1[nH]c(CNc2ccc(S(=O)(=O)C(F)(F)F)cc2)cs1. The highest BCUT2D eigenvalue weighted by atomic mass is 32.2. The largest absolute Gasteiger partial charge is 0.501 e. The number of thiazole rings is 1. The number of anilines is 1. The van der Waals surface area contributed by atoms with Crippen molar-refractivity contribution in [2.75, 3.05) is 5.32 Å². The van der Waals surface area contributed by atoms with Crippen LogP contribution in [0.3, 0.4) is 0 Å². The average Bonchev–Trinajstić information content (AvgIpc) is 2.81. The van der Waals surface area contributed by atoms with Crippen molar-refractivity contribution in [3.05, 3.63) is 45.0 Å². The Morgan fingerprint density at radius 2 is 1.81 bits per heavy atom. The number of benzene rings is 1. The molecule has 10 heteroatoms. The first-order chi connectivity index (χ1) is 9.70. The molecule has 0 aliphatic heterocycles. The lowest BCUT2D eigenvalue weighted by Crippen LogP contribution is -2.23. The van der Waals surface area contributed by atoms with Crippen molar-refractivity contribution in [2.45, 2.75) is 16.9 Å². The minimum atomic E-state index is -5.33. The summed E-state index contributed by atoms with van der Waals surface area (Å²) in [5.74, 6) is 0. The van der Waals surface area contributed by atoms with Crippen LogP contribution in [-0.2, 0) is 16.4 Å². The number of hydrogen-bond donors (Lipinski definition) is 2.